The number of benzene rings is 1. The first-order chi connectivity index (χ1) is 8.09. The molecule has 1 aromatic rings. The lowest BCUT2D eigenvalue weighted by Gasteiger charge is -2.22. The van der Waals surface area contributed by atoms with Gasteiger partial charge in [0.15, 0.2) is 0 Å². The summed E-state index contributed by atoms with van der Waals surface area (Å²) in [5.41, 5.74) is 0.925. The van der Waals surface area contributed by atoms with Crippen LogP contribution in [0.5, 0.6) is 0 Å². The highest BCUT2D eigenvalue weighted by Crippen LogP contribution is 2.24. The molecule has 0 spiro atoms. The molecule has 1 fully saturated rings. The Hall–Kier alpha value is -1.36. The van der Waals surface area contributed by atoms with E-state index in [1.807, 2.05) is 24.3 Å². The van der Waals surface area contributed by atoms with Gasteiger partial charge in [-0.1, -0.05) is 34.1 Å². The zero-order chi connectivity index (χ0) is 12.4. The number of carbonyl (C=O) groups is 2. The van der Waals surface area contributed by atoms with Crippen molar-refractivity contribution in [2.75, 3.05) is 0 Å². The van der Waals surface area contributed by atoms with Gasteiger partial charge in [-0.25, -0.2) is 4.79 Å². The van der Waals surface area contributed by atoms with E-state index >= 15 is 0 Å². The molecular weight excluding hydrogens is 286 g/mol. The molecule has 1 aliphatic heterocycles. The third kappa shape index (κ3) is 2.49. The van der Waals surface area contributed by atoms with Gasteiger partial charge in [0.25, 0.3) is 0 Å². The Kier molecular flexibility index (Phi) is 3.47. The molecule has 1 saturated heterocycles. The quantitative estimate of drug-likeness (QED) is 0.929. The summed E-state index contributed by atoms with van der Waals surface area (Å²) in [5, 5.41) is 9.04. The summed E-state index contributed by atoms with van der Waals surface area (Å²) in [4.78, 5) is 24.1. The Bertz CT molecular complexity index is 461. The molecule has 0 bridgehead atoms. The number of aliphatic carboxylic acids is 1. The normalized spacial score (nSPS) is 19.7. The van der Waals surface area contributed by atoms with E-state index in [-0.39, 0.29) is 5.91 Å². The fraction of sp³-hybridized carbons (Fsp3) is 0.333. The van der Waals surface area contributed by atoms with Gasteiger partial charge in [-0.05, 0) is 18.1 Å². The third-order valence-electron chi connectivity index (χ3n) is 2.91. The second-order valence-electron chi connectivity index (χ2n) is 4.01. The van der Waals surface area contributed by atoms with Gasteiger partial charge < -0.3 is 10.0 Å². The first-order valence-corrected chi connectivity index (χ1v) is 6.14. The minimum atomic E-state index is -0.928. The average Bonchev–Trinajstić information content (AvgIpc) is 2.64. The number of amides is 1. The Labute approximate surface area is 107 Å². The van der Waals surface area contributed by atoms with Crippen molar-refractivity contribution in [2.24, 2.45) is 0 Å². The molecule has 2 rings (SSSR count). The smallest absolute Gasteiger partial charge is 0.326 e. The van der Waals surface area contributed by atoms with Crippen molar-refractivity contribution in [1.29, 1.82) is 0 Å². The van der Waals surface area contributed by atoms with E-state index in [0.717, 1.165) is 10.0 Å². The molecule has 1 N–H and O–H groups in total. The molecule has 0 aromatic heterocycles. The SMILES string of the molecule is O=C(O)[C@@H]1CCC(=O)N1Cc1ccccc1Br. The number of likely N-dealkylation sites (tertiary alicyclic amines) is 1. The highest BCUT2D eigenvalue weighted by atomic mass is 79.9. The Morgan fingerprint density at radius 1 is 1.47 bits per heavy atom. The summed E-state index contributed by atoms with van der Waals surface area (Å²) in [5.74, 6) is -1.02. The van der Waals surface area contributed by atoms with Gasteiger partial charge in [0, 0.05) is 17.4 Å². The van der Waals surface area contributed by atoms with Crippen molar-refractivity contribution in [2.45, 2.75) is 25.4 Å². The summed E-state index contributed by atoms with van der Waals surface area (Å²) >= 11 is 3.40. The van der Waals surface area contributed by atoms with Gasteiger partial charge in [-0.2, -0.15) is 0 Å². The molecule has 0 saturated carbocycles. The van der Waals surface area contributed by atoms with Crippen LogP contribution < -0.4 is 0 Å². The van der Waals surface area contributed by atoms with E-state index in [1.54, 1.807) is 0 Å². The predicted molar refractivity (Wildman–Crippen MR) is 65.3 cm³/mol. The Morgan fingerprint density at radius 3 is 2.82 bits per heavy atom. The number of carboxylic acid groups (broad SMARTS) is 1. The lowest BCUT2D eigenvalue weighted by molar-refractivity contribution is -0.146. The van der Waals surface area contributed by atoms with Crippen LogP contribution in [-0.2, 0) is 16.1 Å². The second kappa shape index (κ2) is 4.87. The molecule has 4 nitrogen and oxygen atoms in total. The summed E-state index contributed by atoms with van der Waals surface area (Å²) < 4.78 is 0.892. The van der Waals surface area contributed by atoms with Crippen LogP contribution in [-0.4, -0.2) is 27.9 Å². The summed E-state index contributed by atoms with van der Waals surface area (Å²) in [6.07, 6.45) is 0.722. The highest BCUT2D eigenvalue weighted by molar-refractivity contribution is 9.10. The van der Waals surface area contributed by atoms with E-state index < -0.39 is 12.0 Å². The average molecular weight is 298 g/mol. The number of hydrogen-bond acceptors (Lipinski definition) is 2. The minimum Gasteiger partial charge on any atom is -0.480 e. The maximum absolute atomic E-state index is 11.7. The molecule has 1 aliphatic rings. The zero-order valence-electron chi connectivity index (χ0n) is 9.10. The van der Waals surface area contributed by atoms with Gasteiger partial charge in [-0.3, -0.25) is 4.79 Å². The van der Waals surface area contributed by atoms with Crippen molar-refractivity contribution in [3.8, 4) is 0 Å². The molecule has 1 aromatic carbocycles. The first-order valence-electron chi connectivity index (χ1n) is 5.35. The van der Waals surface area contributed by atoms with Crippen LogP contribution in [0.2, 0.25) is 0 Å². The lowest BCUT2D eigenvalue weighted by atomic mass is 10.2. The Morgan fingerprint density at radius 2 is 2.18 bits per heavy atom. The number of rotatable bonds is 3. The predicted octanol–water partition coefficient (Wildman–Crippen LogP) is 2.02. The summed E-state index contributed by atoms with van der Waals surface area (Å²) in [6, 6.07) is 6.83. The van der Waals surface area contributed by atoms with Crippen LogP contribution in [0, 0.1) is 0 Å². The number of carboxylic acids is 1. The van der Waals surface area contributed by atoms with E-state index in [2.05, 4.69) is 15.9 Å². The van der Waals surface area contributed by atoms with Crippen LogP contribution in [0.1, 0.15) is 18.4 Å². The first kappa shape index (κ1) is 12.1. The van der Waals surface area contributed by atoms with Gasteiger partial charge in [0.1, 0.15) is 6.04 Å². The fourth-order valence-electron chi connectivity index (χ4n) is 2.00. The third-order valence-corrected chi connectivity index (χ3v) is 3.69. The van der Waals surface area contributed by atoms with Crippen molar-refractivity contribution >= 4 is 27.8 Å². The topological polar surface area (TPSA) is 57.6 Å². The molecule has 1 atom stereocenters. The van der Waals surface area contributed by atoms with Crippen molar-refractivity contribution in [3.63, 3.8) is 0 Å². The molecule has 1 heterocycles. The van der Waals surface area contributed by atoms with E-state index in [1.165, 1.54) is 4.90 Å². The van der Waals surface area contributed by atoms with Gasteiger partial charge in [-0.15, -0.1) is 0 Å². The minimum absolute atomic E-state index is 0.0897. The van der Waals surface area contributed by atoms with E-state index in [0.29, 0.717) is 19.4 Å². The molecule has 5 heteroatoms. The second-order valence-corrected chi connectivity index (χ2v) is 4.86. The van der Waals surface area contributed by atoms with Crippen molar-refractivity contribution in [1.82, 2.24) is 4.90 Å². The van der Waals surface area contributed by atoms with Gasteiger partial charge in [0.2, 0.25) is 5.91 Å². The Balaban J connectivity index is 2.19. The monoisotopic (exact) mass is 297 g/mol. The molecule has 90 valence electrons. The summed E-state index contributed by atoms with van der Waals surface area (Å²) in [6.45, 7) is 0.344. The highest BCUT2D eigenvalue weighted by Gasteiger charge is 2.35. The maximum atomic E-state index is 11.7. The molecule has 0 radical (unpaired) electrons. The molecule has 0 aliphatic carbocycles. The van der Waals surface area contributed by atoms with Gasteiger partial charge in [0.05, 0.1) is 0 Å². The maximum Gasteiger partial charge on any atom is 0.326 e. The number of hydrogen-bond donors (Lipinski definition) is 1. The molecule has 0 unspecified atom stereocenters. The van der Waals surface area contributed by atoms with Crippen molar-refractivity contribution < 1.29 is 14.7 Å². The van der Waals surface area contributed by atoms with Crippen LogP contribution in [0.25, 0.3) is 0 Å². The standard InChI is InChI=1S/C12H12BrNO3/c13-9-4-2-1-3-8(9)7-14-10(12(16)17)5-6-11(14)15/h1-4,10H,5-7H2,(H,16,17)/t10-/m0/s1. The van der Waals surface area contributed by atoms with Crippen LogP contribution in [0.3, 0.4) is 0 Å². The van der Waals surface area contributed by atoms with Crippen LogP contribution in [0.4, 0.5) is 0 Å². The zero-order valence-corrected chi connectivity index (χ0v) is 10.7. The largest absolute Gasteiger partial charge is 0.480 e. The fourth-order valence-corrected chi connectivity index (χ4v) is 2.41. The number of nitrogens with zero attached hydrogens (tertiary/aromatic N) is 1. The van der Waals surface area contributed by atoms with Gasteiger partial charge >= 0.3 is 5.97 Å². The van der Waals surface area contributed by atoms with E-state index in [4.69, 9.17) is 5.11 Å². The van der Waals surface area contributed by atoms with Crippen LogP contribution >= 0.6 is 15.9 Å². The lowest BCUT2D eigenvalue weighted by Crippen LogP contribution is -2.37. The van der Waals surface area contributed by atoms with Crippen molar-refractivity contribution in [3.05, 3.63) is 34.3 Å². The van der Waals surface area contributed by atoms with E-state index in [9.17, 15) is 9.59 Å². The molecular formula is C12H12BrNO3. The molecule has 1 amide bonds. The number of carbonyl (C=O) groups excluding carboxylic acids is 1. The number of halogens is 1. The molecule has 17 heavy (non-hydrogen) atoms. The summed E-state index contributed by atoms with van der Waals surface area (Å²) in [7, 11) is 0. The van der Waals surface area contributed by atoms with Crippen LogP contribution in [0.15, 0.2) is 28.7 Å².